The summed E-state index contributed by atoms with van der Waals surface area (Å²) in [6, 6.07) is 0. The molecule has 8 nitrogen and oxygen atoms in total. The summed E-state index contributed by atoms with van der Waals surface area (Å²) >= 11 is 1.39. The molecule has 0 aliphatic carbocycles. The van der Waals surface area contributed by atoms with Crippen LogP contribution < -0.4 is 5.32 Å². The number of amides is 4. The van der Waals surface area contributed by atoms with Crippen LogP contribution in [0.15, 0.2) is 0 Å². The van der Waals surface area contributed by atoms with E-state index >= 15 is 0 Å². The summed E-state index contributed by atoms with van der Waals surface area (Å²) in [6.07, 6.45) is 4.51. The first-order chi connectivity index (χ1) is 13.9. The highest BCUT2D eigenvalue weighted by molar-refractivity contribution is 7.17. The first-order valence-corrected chi connectivity index (χ1v) is 11.0. The summed E-state index contributed by atoms with van der Waals surface area (Å²) in [5.74, 6) is -0.163. The van der Waals surface area contributed by atoms with E-state index < -0.39 is 0 Å². The Hall–Kier alpha value is -2.42. The van der Waals surface area contributed by atoms with E-state index in [4.69, 9.17) is 0 Å². The number of hydrogen-bond acceptors (Lipinski definition) is 5. The van der Waals surface area contributed by atoms with Crippen LogP contribution in [-0.2, 0) is 27.3 Å². The van der Waals surface area contributed by atoms with Crippen LogP contribution in [0.3, 0.4) is 0 Å². The summed E-state index contributed by atoms with van der Waals surface area (Å²) < 4.78 is 0. The zero-order valence-corrected chi connectivity index (χ0v) is 17.5. The van der Waals surface area contributed by atoms with Crippen molar-refractivity contribution in [2.24, 2.45) is 0 Å². The zero-order chi connectivity index (χ0) is 20.5. The van der Waals surface area contributed by atoms with Crippen molar-refractivity contribution in [1.82, 2.24) is 14.7 Å². The van der Waals surface area contributed by atoms with Crippen LogP contribution in [0.4, 0.5) is 5.00 Å². The monoisotopic (exact) mass is 418 g/mol. The lowest BCUT2D eigenvalue weighted by molar-refractivity contribution is -0.134. The predicted molar refractivity (Wildman–Crippen MR) is 109 cm³/mol. The molecule has 4 rings (SSSR count). The molecule has 1 N–H and O–H groups in total. The maximum Gasteiger partial charge on any atom is 0.257 e. The fraction of sp³-hybridized carbons (Fsp3) is 0.600. The quantitative estimate of drug-likeness (QED) is 0.805. The van der Waals surface area contributed by atoms with Gasteiger partial charge in [-0.1, -0.05) is 6.42 Å². The number of fused-ring (bicyclic) bond motifs is 3. The summed E-state index contributed by atoms with van der Waals surface area (Å²) in [6.45, 7) is 2.26. The lowest BCUT2D eigenvalue weighted by Gasteiger charge is -2.29. The molecule has 156 valence electrons. The molecule has 1 saturated heterocycles. The SMILES string of the molecule is CN1CC(=O)Nc2sc3c(c2C1=O)CCN(C(=O)CCN1CCCCCC1=O)C3. The predicted octanol–water partition coefficient (Wildman–Crippen LogP) is 1.45. The van der Waals surface area contributed by atoms with Crippen LogP contribution in [0.5, 0.6) is 0 Å². The molecule has 0 radical (unpaired) electrons. The number of carbonyl (C=O) groups excluding carboxylic acids is 4. The number of likely N-dealkylation sites (N-methyl/N-ethyl adjacent to an activating group) is 1. The Labute approximate surface area is 173 Å². The molecule has 4 heterocycles. The van der Waals surface area contributed by atoms with Gasteiger partial charge in [0.05, 0.1) is 18.7 Å². The van der Waals surface area contributed by atoms with E-state index in [1.807, 2.05) is 4.90 Å². The topological polar surface area (TPSA) is 90.0 Å². The van der Waals surface area contributed by atoms with Gasteiger partial charge in [-0.2, -0.15) is 0 Å². The van der Waals surface area contributed by atoms with Crippen molar-refractivity contribution < 1.29 is 19.2 Å². The van der Waals surface area contributed by atoms with E-state index in [1.54, 1.807) is 11.9 Å². The third kappa shape index (κ3) is 4.01. The van der Waals surface area contributed by atoms with Crippen molar-refractivity contribution in [3.63, 3.8) is 0 Å². The van der Waals surface area contributed by atoms with Crippen molar-refractivity contribution >= 4 is 40.0 Å². The Morgan fingerprint density at radius 2 is 1.90 bits per heavy atom. The molecule has 4 amide bonds. The van der Waals surface area contributed by atoms with Gasteiger partial charge in [0.15, 0.2) is 0 Å². The second-order valence-electron chi connectivity index (χ2n) is 7.92. The van der Waals surface area contributed by atoms with E-state index in [2.05, 4.69) is 5.32 Å². The van der Waals surface area contributed by atoms with E-state index in [9.17, 15) is 19.2 Å². The van der Waals surface area contributed by atoms with Crippen molar-refractivity contribution in [1.29, 1.82) is 0 Å². The lowest BCUT2D eigenvalue weighted by Crippen LogP contribution is -2.39. The van der Waals surface area contributed by atoms with Gasteiger partial charge in [0, 0.05) is 44.4 Å². The Morgan fingerprint density at radius 3 is 2.72 bits per heavy atom. The minimum Gasteiger partial charge on any atom is -0.342 e. The second kappa shape index (κ2) is 8.14. The minimum absolute atomic E-state index is 0.0313. The molecule has 0 saturated carbocycles. The van der Waals surface area contributed by atoms with Crippen molar-refractivity contribution in [2.75, 3.05) is 38.5 Å². The minimum atomic E-state index is -0.201. The summed E-state index contributed by atoms with van der Waals surface area (Å²) in [7, 11) is 1.63. The van der Waals surface area contributed by atoms with Crippen molar-refractivity contribution in [2.45, 2.75) is 45.1 Å². The Morgan fingerprint density at radius 1 is 1.07 bits per heavy atom. The Bertz CT molecular complexity index is 865. The maximum atomic E-state index is 12.8. The number of nitrogens with one attached hydrogen (secondary N) is 1. The summed E-state index contributed by atoms with van der Waals surface area (Å²) in [5, 5.41) is 3.43. The normalized spacial score (nSPS) is 20.0. The van der Waals surface area contributed by atoms with E-state index in [0.29, 0.717) is 49.5 Å². The van der Waals surface area contributed by atoms with Crippen LogP contribution in [0.25, 0.3) is 0 Å². The molecule has 0 aromatic carbocycles. The molecule has 1 aromatic rings. The van der Waals surface area contributed by atoms with Gasteiger partial charge >= 0.3 is 0 Å². The molecule has 0 spiro atoms. The smallest absolute Gasteiger partial charge is 0.257 e. The van der Waals surface area contributed by atoms with E-state index in [0.717, 1.165) is 36.2 Å². The third-order valence-electron chi connectivity index (χ3n) is 5.87. The number of rotatable bonds is 3. The van der Waals surface area contributed by atoms with Gasteiger partial charge in [-0.25, -0.2) is 0 Å². The molecular weight excluding hydrogens is 392 g/mol. The fourth-order valence-corrected chi connectivity index (χ4v) is 5.51. The van der Waals surface area contributed by atoms with Crippen LogP contribution in [0, 0.1) is 0 Å². The highest BCUT2D eigenvalue weighted by Crippen LogP contribution is 2.38. The average molecular weight is 419 g/mol. The molecule has 29 heavy (non-hydrogen) atoms. The van der Waals surface area contributed by atoms with Crippen LogP contribution in [0.2, 0.25) is 0 Å². The van der Waals surface area contributed by atoms with Gasteiger partial charge < -0.3 is 20.0 Å². The fourth-order valence-electron chi connectivity index (χ4n) is 4.24. The van der Waals surface area contributed by atoms with Gasteiger partial charge in [-0.05, 0) is 24.8 Å². The highest BCUT2D eigenvalue weighted by Gasteiger charge is 2.33. The van der Waals surface area contributed by atoms with Crippen LogP contribution in [0.1, 0.15) is 52.9 Å². The second-order valence-corrected chi connectivity index (χ2v) is 9.03. The van der Waals surface area contributed by atoms with Crippen molar-refractivity contribution in [3.8, 4) is 0 Å². The van der Waals surface area contributed by atoms with Gasteiger partial charge in [-0.15, -0.1) is 11.3 Å². The molecule has 0 bridgehead atoms. The molecule has 9 heteroatoms. The number of likely N-dealkylation sites (tertiary alicyclic amines) is 1. The van der Waals surface area contributed by atoms with Crippen LogP contribution in [-0.4, -0.2) is 71.6 Å². The van der Waals surface area contributed by atoms with Crippen LogP contribution >= 0.6 is 11.3 Å². The molecular formula is C20H26N4O4S. The summed E-state index contributed by atoms with van der Waals surface area (Å²) in [4.78, 5) is 55.6. The number of thiophene rings is 1. The number of hydrogen-bond donors (Lipinski definition) is 1. The first-order valence-electron chi connectivity index (χ1n) is 10.2. The van der Waals surface area contributed by atoms with Gasteiger partial charge in [-0.3, -0.25) is 19.2 Å². The van der Waals surface area contributed by atoms with Gasteiger partial charge in [0.2, 0.25) is 17.7 Å². The lowest BCUT2D eigenvalue weighted by atomic mass is 10.0. The van der Waals surface area contributed by atoms with Gasteiger partial charge in [0.1, 0.15) is 5.00 Å². The molecule has 3 aliphatic rings. The third-order valence-corrected chi connectivity index (χ3v) is 7.00. The summed E-state index contributed by atoms with van der Waals surface area (Å²) in [5.41, 5.74) is 1.54. The largest absolute Gasteiger partial charge is 0.342 e. The molecule has 0 atom stereocenters. The molecule has 0 unspecified atom stereocenters. The Balaban J connectivity index is 1.43. The Kier molecular flexibility index (Phi) is 5.58. The van der Waals surface area contributed by atoms with E-state index in [1.165, 1.54) is 16.2 Å². The zero-order valence-electron chi connectivity index (χ0n) is 16.7. The molecule has 1 aromatic heterocycles. The number of anilines is 1. The van der Waals surface area contributed by atoms with E-state index in [-0.39, 0.29) is 30.2 Å². The standard InChI is InChI=1S/C20H26N4O4S/c1-22-12-15(25)21-19-18(20(22)28)13-6-9-24(11-14(13)29-19)17(27)7-10-23-8-4-2-3-5-16(23)26/h2-12H2,1H3,(H,21,25). The average Bonchev–Trinajstić information content (AvgIpc) is 2.84. The molecule has 3 aliphatic heterocycles. The first kappa shape index (κ1) is 19.9. The van der Waals surface area contributed by atoms with Crippen molar-refractivity contribution in [3.05, 3.63) is 16.0 Å². The number of nitrogens with zero attached hydrogens (tertiary/aromatic N) is 3. The molecule has 1 fully saturated rings. The highest BCUT2D eigenvalue weighted by atomic mass is 32.1. The van der Waals surface area contributed by atoms with Gasteiger partial charge in [0.25, 0.3) is 5.91 Å². The maximum absolute atomic E-state index is 12.8. The number of carbonyl (C=O) groups is 4.